The van der Waals surface area contributed by atoms with Crippen LogP contribution in [0, 0.1) is 5.92 Å². The quantitative estimate of drug-likeness (QED) is 0.870. The summed E-state index contributed by atoms with van der Waals surface area (Å²) in [5, 5.41) is 2.40. The van der Waals surface area contributed by atoms with Crippen molar-refractivity contribution in [2.45, 2.75) is 29.4 Å². The number of carbonyl (C=O) groups excluding carboxylic acids is 3. The average Bonchev–Trinajstić information content (AvgIpc) is 2.55. The zero-order valence-electron chi connectivity index (χ0n) is 12.7. The van der Waals surface area contributed by atoms with Gasteiger partial charge < -0.3 is 16.0 Å². The summed E-state index contributed by atoms with van der Waals surface area (Å²) in [5.41, 5.74) is 6.13. The number of hydrogen-bond acceptors (Lipinski definition) is 4. The lowest BCUT2D eigenvalue weighted by atomic mass is 9.97. The largest absolute Gasteiger partial charge is 0.369 e. The Morgan fingerprint density at radius 2 is 2.13 bits per heavy atom. The molecule has 0 spiro atoms. The monoisotopic (exact) mass is 333 g/mol. The van der Waals surface area contributed by atoms with Gasteiger partial charge in [0.1, 0.15) is 0 Å². The minimum absolute atomic E-state index is 0.0945. The summed E-state index contributed by atoms with van der Waals surface area (Å²) < 4.78 is 0. The number of thioether (sulfide) groups is 1. The summed E-state index contributed by atoms with van der Waals surface area (Å²) in [5.74, 6) is -0.879. The van der Waals surface area contributed by atoms with Gasteiger partial charge >= 0.3 is 0 Å². The highest BCUT2D eigenvalue weighted by Gasteiger charge is 2.32. The van der Waals surface area contributed by atoms with Crippen molar-refractivity contribution in [2.75, 3.05) is 18.4 Å². The number of fused-ring (bicyclic) bond motifs is 1. The van der Waals surface area contributed by atoms with Crippen molar-refractivity contribution >= 4 is 35.2 Å². The first-order valence-electron chi connectivity index (χ1n) is 7.68. The van der Waals surface area contributed by atoms with Gasteiger partial charge in [0.15, 0.2) is 0 Å². The van der Waals surface area contributed by atoms with Gasteiger partial charge in [-0.25, -0.2) is 0 Å². The van der Waals surface area contributed by atoms with Gasteiger partial charge in [0.05, 0.1) is 16.9 Å². The molecule has 6 nitrogen and oxygen atoms in total. The van der Waals surface area contributed by atoms with Crippen molar-refractivity contribution in [3.8, 4) is 0 Å². The lowest BCUT2D eigenvalue weighted by Crippen LogP contribution is -2.45. The molecule has 7 heteroatoms. The maximum absolute atomic E-state index is 12.5. The molecule has 3 N–H and O–H groups in total. The number of piperidine rings is 1. The van der Waals surface area contributed by atoms with Crippen molar-refractivity contribution in [1.82, 2.24) is 4.90 Å². The normalized spacial score (nSPS) is 23.8. The second-order valence-electron chi connectivity index (χ2n) is 5.88. The van der Waals surface area contributed by atoms with Gasteiger partial charge in [0.2, 0.25) is 17.7 Å². The Balaban J connectivity index is 1.64. The molecule has 3 rings (SSSR count). The SMILES string of the molecule is NC(=O)[C@@H]1CCCN(C(=O)C[C@@H]2Sc3ccccc3NC2=O)C1. The van der Waals surface area contributed by atoms with E-state index in [-0.39, 0.29) is 30.1 Å². The summed E-state index contributed by atoms with van der Waals surface area (Å²) in [4.78, 5) is 38.6. The van der Waals surface area contributed by atoms with Crippen LogP contribution < -0.4 is 11.1 Å². The van der Waals surface area contributed by atoms with E-state index in [0.717, 1.165) is 23.4 Å². The van der Waals surface area contributed by atoms with E-state index in [0.29, 0.717) is 13.1 Å². The number of benzene rings is 1. The predicted octanol–water partition coefficient (Wildman–Crippen LogP) is 1.21. The van der Waals surface area contributed by atoms with Crippen LogP contribution in [-0.2, 0) is 14.4 Å². The second kappa shape index (κ2) is 6.62. The van der Waals surface area contributed by atoms with Gasteiger partial charge in [-0.1, -0.05) is 12.1 Å². The lowest BCUT2D eigenvalue weighted by molar-refractivity contribution is -0.136. The van der Waals surface area contributed by atoms with Gasteiger partial charge in [-0.15, -0.1) is 11.8 Å². The molecule has 0 aliphatic carbocycles. The average molecular weight is 333 g/mol. The second-order valence-corrected chi connectivity index (χ2v) is 7.12. The maximum Gasteiger partial charge on any atom is 0.238 e. The number of nitrogens with two attached hydrogens (primary N) is 1. The van der Waals surface area contributed by atoms with Gasteiger partial charge in [-0.2, -0.15) is 0 Å². The van der Waals surface area contributed by atoms with E-state index in [1.807, 2.05) is 24.3 Å². The van der Waals surface area contributed by atoms with Crippen LogP contribution in [-0.4, -0.2) is 41.0 Å². The number of primary amides is 1. The molecule has 2 heterocycles. The van der Waals surface area contributed by atoms with E-state index < -0.39 is 5.25 Å². The fraction of sp³-hybridized carbons (Fsp3) is 0.438. The number of nitrogens with one attached hydrogen (secondary N) is 1. The molecule has 23 heavy (non-hydrogen) atoms. The molecule has 1 aromatic rings. The highest BCUT2D eigenvalue weighted by Crippen LogP contribution is 2.37. The Kier molecular flexibility index (Phi) is 4.56. The molecule has 122 valence electrons. The molecule has 0 saturated carbocycles. The van der Waals surface area contributed by atoms with Gasteiger partial charge in [0, 0.05) is 24.4 Å². The van der Waals surface area contributed by atoms with Crippen LogP contribution >= 0.6 is 11.8 Å². The summed E-state index contributed by atoms with van der Waals surface area (Å²) in [6.07, 6.45) is 1.63. The molecule has 1 fully saturated rings. The minimum atomic E-state index is -0.439. The molecule has 2 atom stereocenters. The molecule has 0 unspecified atom stereocenters. The smallest absolute Gasteiger partial charge is 0.238 e. The van der Waals surface area contributed by atoms with Crippen LogP contribution in [0.2, 0.25) is 0 Å². The Hall–Kier alpha value is -2.02. The van der Waals surface area contributed by atoms with Gasteiger partial charge in [-0.3, -0.25) is 14.4 Å². The zero-order valence-corrected chi connectivity index (χ0v) is 13.5. The van der Waals surface area contributed by atoms with E-state index in [4.69, 9.17) is 5.73 Å². The van der Waals surface area contributed by atoms with Gasteiger partial charge in [0.25, 0.3) is 0 Å². The van der Waals surface area contributed by atoms with E-state index in [1.165, 1.54) is 11.8 Å². The maximum atomic E-state index is 12.5. The van der Waals surface area contributed by atoms with Crippen LogP contribution in [0.3, 0.4) is 0 Å². The molecule has 3 amide bonds. The zero-order chi connectivity index (χ0) is 16.4. The highest BCUT2D eigenvalue weighted by atomic mass is 32.2. The number of anilines is 1. The Morgan fingerprint density at radius 1 is 1.35 bits per heavy atom. The number of hydrogen-bond donors (Lipinski definition) is 2. The fourth-order valence-electron chi connectivity index (χ4n) is 2.95. The van der Waals surface area contributed by atoms with E-state index in [2.05, 4.69) is 5.32 Å². The van der Waals surface area contributed by atoms with E-state index >= 15 is 0 Å². The Morgan fingerprint density at radius 3 is 2.91 bits per heavy atom. The van der Waals surface area contributed by atoms with E-state index in [1.54, 1.807) is 4.90 Å². The fourth-order valence-corrected chi connectivity index (χ4v) is 4.05. The lowest BCUT2D eigenvalue weighted by Gasteiger charge is -2.32. The highest BCUT2D eigenvalue weighted by molar-refractivity contribution is 8.01. The first-order valence-corrected chi connectivity index (χ1v) is 8.56. The molecular weight excluding hydrogens is 314 g/mol. The Labute approximate surface area is 138 Å². The van der Waals surface area contributed by atoms with Crippen LogP contribution in [0.4, 0.5) is 5.69 Å². The molecule has 0 aromatic heterocycles. The summed E-state index contributed by atoms with van der Waals surface area (Å²) in [6, 6.07) is 7.55. The molecular formula is C16H19N3O3S. The van der Waals surface area contributed by atoms with Crippen molar-refractivity contribution in [1.29, 1.82) is 0 Å². The number of carbonyl (C=O) groups is 3. The van der Waals surface area contributed by atoms with Crippen molar-refractivity contribution < 1.29 is 14.4 Å². The third kappa shape index (κ3) is 3.50. The molecule has 2 aliphatic heterocycles. The number of amides is 3. The first-order chi connectivity index (χ1) is 11.0. The summed E-state index contributed by atoms with van der Waals surface area (Å²) >= 11 is 1.41. The van der Waals surface area contributed by atoms with Crippen molar-refractivity contribution in [3.05, 3.63) is 24.3 Å². The molecule has 1 aromatic carbocycles. The first kappa shape index (κ1) is 15.9. The van der Waals surface area contributed by atoms with Crippen molar-refractivity contribution in [2.24, 2.45) is 11.7 Å². The number of rotatable bonds is 3. The molecule has 0 radical (unpaired) electrons. The van der Waals surface area contributed by atoms with E-state index in [9.17, 15) is 14.4 Å². The molecule has 0 bridgehead atoms. The third-order valence-electron chi connectivity index (χ3n) is 4.24. The Bertz CT molecular complexity index is 649. The molecule has 2 aliphatic rings. The minimum Gasteiger partial charge on any atom is -0.369 e. The predicted molar refractivity (Wildman–Crippen MR) is 87.8 cm³/mol. The third-order valence-corrected chi connectivity index (χ3v) is 5.52. The number of para-hydroxylation sites is 1. The van der Waals surface area contributed by atoms with Crippen LogP contribution in [0.25, 0.3) is 0 Å². The standard InChI is InChI=1S/C16H19N3O3S/c17-15(21)10-4-3-7-19(9-10)14(20)8-13-16(22)18-11-5-1-2-6-12(11)23-13/h1-2,5-6,10,13H,3-4,7-9H2,(H2,17,21)(H,18,22)/t10-,13+/m1/s1. The molecule has 1 saturated heterocycles. The van der Waals surface area contributed by atoms with Crippen LogP contribution in [0.15, 0.2) is 29.2 Å². The summed E-state index contributed by atoms with van der Waals surface area (Å²) in [6.45, 7) is 0.988. The summed E-state index contributed by atoms with van der Waals surface area (Å²) in [7, 11) is 0. The van der Waals surface area contributed by atoms with Crippen LogP contribution in [0.1, 0.15) is 19.3 Å². The number of nitrogens with zero attached hydrogens (tertiary/aromatic N) is 1. The number of likely N-dealkylation sites (tertiary alicyclic amines) is 1. The van der Waals surface area contributed by atoms with Crippen LogP contribution in [0.5, 0.6) is 0 Å². The van der Waals surface area contributed by atoms with Gasteiger partial charge in [-0.05, 0) is 25.0 Å². The van der Waals surface area contributed by atoms with Crippen molar-refractivity contribution in [3.63, 3.8) is 0 Å². The topological polar surface area (TPSA) is 92.5 Å².